The number of nitrogens with two attached hydrogens (primary N) is 3. The van der Waals surface area contributed by atoms with E-state index in [4.69, 9.17) is 36.1 Å². The van der Waals surface area contributed by atoms with E-state index in [2.05, 4.69) is 0 Å². The van der Waals surface area contributed by atoms with Gasteiger partial charge >= 0.3 is 0 Å². The summed E-state index contributed by atoms with van der Waals surface area (Å²) in [5, 5.41) is 58.8. The second-order valence-electron chi connectivity index (χ2n) is 8.90. The van der Waals surface area contributed by atoms with Crippen molar-refractivity contribution in [3.05, 3.63) is 0 Å². The minimum Gasteiger partial charge on any atom is -0.396 e. The van der Waals surface area contributed by atoms with Gasteiger partial charge in [0.05, 0.1) is 61.9 Å². The molecular formula is C19H37N3O10. The van der Waals surface area contributed by atoms with Gasteiger partial charge in [-0.3, -0.25) is 0 Å². The Hall–Kier alpha value is -0.520. The molecule has 0 spiro atoms. The molecule has 2 saturated heterocycles. The molecule has 13 nitrogen and oxygen atoms in total. The lowest BCUT2D eigenvalue weighted by Crippen LogP contribution is -2.62. The standard InChI is InChI=1S/C19H37N3O10/c20-8-2-11(13(5-24)30-18(8)28)31-19-9(21)3-10(14(6-25)32-19)29-12-1-7(4-23)16(26)17(27)15(12)22/h7-19,23-28H,1-6,20-22H2/t7?,8?,9?,10-,11-,12+,13?,14?,15?,16+,17+,18+,19+/m0/s1. The van der Waals surface area contributed by atoms with Gasteiger partial charge in [0.25, 0.3) is 0 Å². The van der Waals surface area contributed by atoms with Crippen molar-refractivity contribution in [2.75, 3.05) is 19.8 Å². The lowest BCUT2D eigenvalue weighted by Gasteiger charge is -2.46. The zero-order valence-electron chi connectivity index (χ0n) is 17.8. The van der Waals surface area contributed by atoms with Crippen LogP contribution in [0.1, 0.15) is 19.3 Å². The van der Waals surface area contributed by atoms with Crippen molar-refractivity contribution in [1.82, 2.24) is 0 Å². The van der Waals surface area contributed by atoms with Crippen LogP contribution in [0.2, 0.25) is 0 Å². The van der Waals surface area contributed by atoms with E-state index in [-0.39, 0.29) is 25.9 Å². The van der Waals surface area contributed by atoms with Crippen molar-refractivity contribution in [3.63, 3.8) is 0 Å². The quantitative estimate of drug-likeness (QED) is 0.171. The Labute approximate surface area is 186 Å². The average molecular weight is 468 g/mol. The molecule has 0 aromatic heterocycles. The van der Waals surface area contributed by atoms with E-state index in [1.807, 2.05) is 0 Å². The fourth-order valence-electron chi connectivity index (χ4n) is 4.58. The number of hydrogen-bond acceptors (Lipinski definition) is 13. The normalized spacial score (nSPS) is 50.3. The molecule has 0 radical (unpaired) electrons. The van der Waals surface area contributed by atoms with Gasteiger partial charge in [0.2, 0.25) is 0 Å². The molecule has 6 unspecified atom stereocenters. The number of aliphatic hydroxyl groups is 6. The fraction of sp³-hybridized carbons (Fsp3) is 1.00. The number of aliphatic hydroxyl groups excluding tert-OH is 6. The molecule has 2 aliphatic heterocycles. The van der Waals surface area contributed by atoms with Crippen molar-refractivity contribution < 1.29 is 49.6 Å². The van der Waals surface area contributed by atoms with Crippen LogP contribution in [-0.4, -0.2) is 124 Å². The highest BCUT2D eigenvalue weighted by molar-refractivity contribution is 4.97. The summed E-state index contributed by atoms with van der Waals surface area (Å²) in [5.41, 5.74) is 18.1. The molecule has 32 heavy (non-hydrogen) atoms. The molecule has 13 atom stereocenters. The van der Waals surface area contributed by atoms with Crippen molar-refractivity contribution in [2.24, 2.45) is 23.1 Å². The highest BCUT2D eigenvalue weighted by Gasteiger charge is 2.46. The van der Waals surface area contributed by atoms with E-state index in [0.717, 1.165) is 0 Å². The molecule has 0 bridgehead atoms. The maximum absolute atomic E-state index is 10.2. The summed E-state index contributed by atoms with van der Waals surface area (Å²) < 4.78 is 23.0. The summed E-state index contributed by atoms with van der Waals surface area (Å²) in [6, 6.07) is -2.27. The number of hydrogen-bond donors (Lipinski definition) is 9. The Morgan fingerprint density at radius 2 is 1.28 bits per heavy atom. The second kappa shape index (κ2) is 11.3. The van der Waals surface area contributed by atoms with Gasteiger partial charge in [-0.1, -0.05) is 0 Å². The molecule has 1 aliphatic carbocycles. The fourth-order valence-corrected chi connectivity index (χ4v) is 4.58. The van der Waals surface area contributed by atoms with Gasteiger partial charge in [-0.05, 0) is 19.3 Å². The lowest BCUT2D eigenvalue weighted by atomic mass is 9.80. The zero-order valence-corrected chi connectivity index (χ0v) is 17.8. The molecule has 188 valence electrons. The van der Waals surface area contributed by atoms with Crippen LogP contribution >= 0.6 is 0 Å². The van der Waals surface area contributed by atoms with Crippen LogP contribution in [0, 0.1) is 5.92 Å². The van der Waals surface area contributed by atoms with E-state index < -0.39 is 92.6 Å². The Balaban J connectivity index is 1.62. The van der Waals surface area contributed by atoms with E-state index in [0.29, 0.717) is 0 Å². The molecule has 0 aromatic rings. The van der Waals surface area contributed by atoms with Gasteiger partial charge < -0.3 is 66.8 Å². The third-order valence-electron chi connectivity index (χ3n) is 6.62. The Kier molecular flexibility index (Phi) is 9.19. The molecule has 3 aliphatic rings. The molecule has 0 amide bonds. The SMILES string of the molecule is NC1C[C@H](O[C@@H]2CC(CO)[C@@H](O)[C@H](O)C2N)C(CO)O[C@H]1O[C@H]1CC(N)[C@H](O)OC1CO. The molecule has 1 saturated carbocycles. The first kappa shape index (κ1) is 26.1. The van der Waals surface area contributed by atoms with E-state index in [1.54, 1.807) is 0 Å². The predicted molar refractivity (Wildman–Crippen MR) is 108 cm³/mol. The topological polar surface area (TPSA) is 236 Å². The summed E-state index contributed by atoms with van der Waals surface area (Å²) in [6.07, 6.45) is -7.61. The first-order chi connectivity index (χ1) is 15.2. The Bertz CT molecular complexity index is 590. The van der Waals surface area contributed by atoms with E-state index in [1.165, 1.54) is 0 Å². The maximum Gasteiger partial charge on any atom is 0.173 e. The van der Waals surface area contributed by atoms with Crippen molar-refractivity contribution >= 4 is 0 Å². The summed E-state index contributed by atoms with van der Waals surface area (Å²) in [6.45, 7) is -1.14. The summed E-state index contributed by atoms with van der Waals surface area (Å²) in [5.74, 6) is -0.599. The smallest absolute Gasteiger partial charge is 0.173 e. The Morgan fingerprint density at radius 1 is 0.688 bits per heavy atom. The molecular weight excluding hydrogens is 430 g/mol. The van der Waals surface area contributed by atoms with E-state index >= 15 is 0 Å². The van der Waals surface area contributed by atoms with Gasteiger partial charge in [-0.2, -0.15) is 0 Å². The first-order valence-electron chi connectivity index (χ1n) is 10.9. The molecule has 0 aromatic carbocycles. The van der Waals surface area contributed by atoms with Gasteiger partial charge in [-0.25, -0.2) is 0 Å². The predicted octanol–water partition coefficient (Wildman–Crippen LogP) is -4.95. The van der Waals surface area contributed by atoms with Crippen LogP contribution in [0.4, 0.5) is 0 Å². The molecule has 2 heterocycles. The van der Waals surface area contributed by atoms with Crippen LogP contribution < -0.4 is 17.2 Å². The van der Waals surface area contributed by atoms with Crippen LogP contribution in [0.25, 0.3) is 0 Å². The van der Waals surface area contributed by atoms with Crippen LogP contribution in [0.5, 0.6) is 0 Å². The van der Waals surface area contributed by atoms with Crippen molar-refractivity contribution in [3.8, 4) is 0 Å². The van der Waals surface area contributed by atoms with Crippen LogP contribution in [0.15, 0.2) is 0 Å². The van der Waals surface area contributed by atoms with Crippen molar-refractivity contribution in [1.29, 1.82) is 0 Å². The highest BCUT2D eigenvalue weighted by Crippen LogP contribution is 2.32. The number of ether oxygens (including phenoxy) is 4. The minimum atomic E-state index is -1.27. The monoisotopic (exact) mass is 467 g/mol. The maximum atomic E-state index is 10.2. The van der Waals surface area contributed by atoms with Crippen molar-refractivity contribution in [2.45, 2.75) is 92.7 Å². The third-order valence-corrected chi connectivity index (χ3v) is 6.62. The summed E-state index contributed by atoms with van der Waals surface area (Å²) in [7, 11) is 0. The van der Waals surface area contributed by atoms with Gasteiger partial charge in [0, 0.05) is 12.5 Å². The van der Waals surface area contributed by atoms with Gasteiger partial charge in [0.1, 0.15) is 12.2 Å². The molecule has 3 fully saturated rings. The molecule has 13 heteroatoms. The average Bonchev–Trinajstić information content (AvgIpc) is 2.77. The van der Waals surface area contributed by atoms with E-state index in [9.17, 15) is 30.6 Å². The third kappa shape index (κ3) is 5.58. The minimum absolute atomic E-state index is 0.211. The largest absolute Gasteiger partial charge is 0.396 e. The van der Waals surface area contributed by atoms with Crippen LogP contribution in [-0.2, 0) is 18.9 Å². The number of rotatable bonds is 7. The molecule has 12 N–H and O–H groups in total. The Morgan fingerprint density at radius 3 is 1.91 bits per heavy atom. The molecule has 3 rings (SSSR count). The van der Waals surface area contributed by atoms with Crippen LogP contribution in [0.3, 0.4) is 0 Å². The zero-order chi connectivity index (χ0) is 23.6. The lowest BCUT2D eigenvalue weighted by molar-refractivity contribution is -0.300. The van der Waals surface area contributed by atoms with Gasteiger partial charge in [0.15, 0.2) is 12.6 Å². The summed E-state index contributed by atoms with van der Waals surface area (Å²) in [4.78, 5) is 0. The summed E-state index contributed by atoms with van der Waals surface area (Å²) >= 11 is 0. The first-order valence-corrected chi connectivity index (χ1v) is 10.9. The second-order valence-corrected chi connectivity index (χ2v) is 8.90. The highest BCUT2D eigenvalue weighted by atomic mass is 16.7. The van der Waals surface area contributed by atoms with Gasteiger partial charge in [-0.15, -0.1) is 0 Å².